The lowest BCUT2D eigenvalue weighted by molar-refractivity contribution is -0.274. The minimum absolute atomic E-state index is 0.0841. The summed E-state index contributed by atoms with van der Waals surface area (Å²) in [6.07, 6.45) is -4.86. The Bertz CT molecular complexity index is 420. The lowest BCUT2D eigenvalue weighted by Crippen LogP contribution is -2.35. The van der Waals surface area contributed by atoms with E-state index in [-0.39, 0.29) is 12.2 Å². The number of hydrogen-bond donors (Lipinski definition) is 1. The van der Waals surface area contributed by atoms with Crippen molar-refractivity contribution in [2.45, 2.75) is 12.4 Å². The first-order valence-corrected chi connectivity index (χ1v) is 4.98. The zero-order valence-corrected chi connectivity index (χ0v) is 9.53. The predicted molar refractivity (Wildman–Crippen MR) is 57.3 cm³/mol. The number of rotatable bonds is 5. The molecule has 7 heteroatoms. The number of halogens is 3. The van der Waals surface area contributed by atoms with Gasteiger partial charge < -0.3 is 15.2 Å². The highest BCUT2D eigenvalue weighted by molar-refractivity contribution is 6.02. The van der Waals surface area contributed by atoms with E-state index in [9.17, 15) is 18.0 Å². The first-order chi connectivity index (χ1) is 8.35. The van der Waals surface area contributed by atoms with Gasteiger partial charge in [0.2, 0.25) is 0 Å². The minimum atomic E-state index is -4.86. The molecule has 0 aliphatic heterocycles. The van der Waals surface area contributed by atoms with Crippen molar-refractivity contribution in [3.05, 3.63) is 29.8 Å². The van der Waals surface area contributed by atoms with Crippen molar-refractivity contribution in [3.8, 4) is 5.75 Å². The summed E-state index contributed by atoms with van der Waals surface area (Å²) >= 11 is 0. The monoisotopic (exact) mass is 263 g/mol. The van der Waals surface area contributed by atoms with Gasteiger partial charge in [-0.25, -0.2) is 0 Å². The Labute approximate surface area is 101 Å². The summed E-state index contributed by atoms with van der Waals surface area (Å²) in [5.41, 5.74) is 5.26. The molecule has 18 heavy (non-hydrogen) atoms. The minimum Gasteiger partial charge on any atom is -0.405 e. The van der Waals surface area contributed by atoms with E-state index in [1.807, 2.05) is 0 Å². The quantitative estimate of drug-likeness (QED) is 0.822. The standard InChI is InChI=1S/C11H12F3NO3/c1-17-6-8(15)10(16)7-4-2-3-5-9(7)18-11(12,13)14/h2-5,8H,6,15H2,1H3. The van der Waals surface area contributed by atoms with Crippen LogP contribution in [0.1, 0.15) is 10.4 Å². The van der Waals surface area contributed by atoms with Gasteiger partial charge in [0, 0.05) is 7.11 Å². The summed E-state index contributed by atoms with van der Waals surface area (Å²) in [7, 11) is 1.34. The average molecular weight is 263 g/mol. The molecule has 0 fully saturated rings. The van der Waals surface area contributed by atoms with Crippen LogP contribution >= 0.6 is 0 Å². The van der Waals surface area contributed by atoms with Crippen LogP contribution < -0.4 is 10.5 Å². The van der Waals surface area contributed by atoms with Crippen molar-refractivity contribution in [3.63, 3.8) is 0 Å². The number of hydrogen-bond acceptors (Lipinski definition) is 4. The highest BCUT2D eigenvalue weighted by Crippen LogP contribution is 2.26. The van der Waals surface area contributed by atoms with Crippen LogP contribution in [0.15, 0.2) is 24.3 Å². The summed E-state index contributed by atoms with van der Waals surface area (Å²) in [5, 5.41) is 0. The zero-order chi connectivity index (χ0) is 13.8. The summed E-state index contributed by atoms with van der Waals surface area (Å²) in [5.74, 6) is -1.24. The molecule has 0 aliphatic rings. The predicted octanol–water partition coefficient (Wildman–Crippen LogP) is 1.74. The molecule has 100 valence electrons. The molecular formula is C11H12F3NO3. The van der Waals surface area contributed by atoms with E-state index in [1.54, 1.807) is 0 Å². The highest BCUT2D eigenvalue weighted by Gasteiger charge is 2.33. The fourth-order valence-corrected chi connectivity index (χ4v) is 1.34. The Kier molecular flexibility index (Phi) is 4.69. The van der Waals surface area contributed by atoms with Gasteiger partial charge in [0.25, 0.3) is 0 Å². The third-order valence-corrected chi connectivity index (χ3v) is 2.06. The van der Waals surface area contributed by atoms with Crippen LogP contribution in [0.3, 0.4) is 0 Å². The van der Waals surface area contributed by atoms with Gasteiger partial charge in [-0.05, 0) is 12.1 Å². The SMILES string of the molecule is COCC(N)C(=O)c1ccccc1OC(F)(F)F. The first-order valence-electron chi connectivity index (χ1n) is 4.98. The topological polar surface area (TPSA) is 61.5 Å². The van der Waals surface area contributed by atoms with Crippen molar-refractivity contribution >= 4 is 5.78 Å². The molecule has 0 heterocycles. The van der Waals surface area contributed by atoms with Crippen molar-refractivity contribution in [2.75, 3.05) is 13.7 Å². The Morgan fingerprint density at radius 1 is 1.39 bits per heavy atom. The number of carbonyl (C=O) groups is 1. The Morgan fingerprint density at radius 3 is 2.56 bits per heavy atom. The van der Waals surface area contributed by atoms with Crippen LogP contribution in [-0.2, 0) is 4.74 Å². The van der Waals surface area contributed by atoms with Crippen LogP contribution in [0.2, 0.25) is 0 Å². The number of benzene rings is 1. The Hall–Kier alpha value is -1.60. The molecule has 1 atom stereocenters. The maximum absolute atomic E-state index is 12.1. The molecule has 0 saturated heterocycles. The van der Waals surface area contributed by atoms with Crippen LogP contribution in [-0.4, -0.2) is 31.9 Å². The van der Waals surface area contributed by atoms with Gasteiger partial charge in [0.1, 0.15) is 5.75 Å². The van der Waals surface area contributed by atoms with Crippen LogP contribution in [0.25, 0.3) is 0 Å². The smallest absolute Gasteiger partial charge is 0.405 e. The second kappa shape index (κ2) is 5.83. The van der Waals surface area contributed by atoms with Crippen molar-refractivity contribution in [2.24, 2.45) is 5.73 Å². The maximum Gasteiger partial charge on any atom is 0.573 e. The van der Waals surface area contributed by atoms with Gasteiger partial charge in [0.15, 0.2) is 5.78 Å². The second-order valence-electron chi connectivity index (χ2n) is 3.47. The molecule has 0 saturated carbocycles. The van der Waals surface area contributed by atoms with Crippen LogP contribution in [0, 0.1) is 0 Å². The lowest BCUT2D eigenvalue weighted by atomic mass is 10.0. The second-order valence-corrected chi connectivity index (χ2v) is 3.47. The number of nitrogens with two attached hydrogens (primary N) is 1. The van der Waals surface area contributed by atoms with E-state index in [4.69, 9.17) is 5.73 Å². The van der Waals surface area contributed by atoms with Crippen LogP contribution in [0.4, 0.5) is 13.2 Å². The molecule has 4 nitrogen and oxygen atoms in total. The van der Waals surface area contributed by atoms with Crippen LogP contribution in [0.5, 0.6) is 5.75 Å². The molecule has 1 unspecified atom stereocenters. The number of alkyl halides is 3. The molecule has 1 aromatic carbocycles. The van der Waals surface area contributed by atoms with E-state index >= 15 is 0 Å². The van der Waals surface area contributed by atoms with Crippen molar-refractivity contribution < 1.29 is 27.4 Å². The maximum atomic E-state index is 12.1. The third kappa shape index (κ3) is 4.01. The number of para-hydroxylation sites is 1. The number of carbonyl (C=O) groups excluding carboxylic acids is 1. The molecule has 0 aromatic heterocycles. The molecule has 0 bridgehead atoms. The molecule has 1 aromatic rings. The van der Waals surface area contributed by atoms with Gasteiger partial charge in [-0.15, -0.1) is 13.2 Å². The van der Waals surface area contributed by atoms with Gasteiger partial charge in [-0.1, -0.05) is 12.1 Å². The molecule has 1 rings (SSSR count). The fourth-order valence-electron chi connectivity index (χ4n) is 1.34. The normalized spacial score (nSPS) is 13.2. The van der Waals surface area contributed by atoms with E-state index in [0.29, 0.717) is 0 Å². The number of ether oxygens (including phenoxy) is 2. The zero-order valence-electron chi connectivity index (χ0n) is 9.53. The molecule has 0 radical (unpaired) electrons. The van der Waals surface area contributed by atoms with Crippen molar-refractivity contribution in [1.82, 2.24) is 0 Å². The Morgan fingerprint density at radius 2 is 2.00 bits per heavy atom. The first kappa shape index (κ1) is 14.5. The highest BCUT2D eigenvalue weighted by atomic mass is 19.4. The summed E-state index contributed by atoms with van der Waals surface area (Å²) in [6.45, 7) is -0.0841. The average Bonchev–Trinajstić information content (AvgIpc) is 2.27. The van der Waals surface area contributed by atoms with E-state index in [1.165, 1.54) is 25.3 Å². The molecular weight excluding hydrogens is 251 g/mol. The van der Waals surface area contributed by atoms with Gasteiger partial charge in [-0.2, -0.15) is 0 Å². The number of methoxy groups -OCH3 is 1. The van der Waals surface area contributed by atoms with Gasteiger partial charge in [0.05, 0.1) is 18.2 Å². The molecule has 0 amide bonds. The summed E-state index contributed by atoms with van der Waals surface area (Å²) in [4.78, 5) is 11.8. The van der Waals surface area contributed by atoms with E-state index in [2.05, 4.69) is 9.47 Å². The summed E-state index contributed by atoms with van der Waals surface area (Å²) in [6, 6.07) is 4.00. The largest absolute Gasteiger partial charge is 0.573 e. The van der Waals surface area contributed by atoms with Gasteiger partial charge in [-0.3, -0.25) is 4.79 Å². The van der Waals surface area contributed by atoms with Crippen molar-refractivity contribution in [1.29, 1.82) is 0 Å². The number of ketones is 1. The Balaban J connectivity index is 2.98. The molecule has 0 aliphatic carbocycles. The third-order valence-electron chi connectivity index (χ3n) is 2.06. The molecule has 2 N–H and O–H groups in total. The van der Waals surface area contributed by atoms with E-state index < -0.39 is 23.9 Å². The summed E-state index contributed by atoms with van der Waals surface area (Å²) < 4.78 is 44.9. The molecule has 0 spiro atoms. The van der Waals surface area contributed by atoms with E-state index in [0.717, 1.165) is 6.07 Å². The van der Waals surface area contributed by atoms with Gasteiger partial charge >= 0.3 is 6.36 Å². The fraction of sp³-hybridized carbons (Fsp3) is 0.364. The number of Topliss-reactive ketones (excluding diaryl/α,β-unsaturated/α-hetero) is 1. The lowest BCUT2D eigenvalue weighted by Gasteiger charge is -2.14.